The van der Waals surface area contributed by atoms with E-state index in [9.17, 15) is 4.79 Å². The maximum absolute atomic E-state index is 10.8. The fraction of sp³-hybridized carbons (Fsp3) is 0. The molecule has 0 unspecified atom stereocenters. The SMILES string of the molecule is O=C(O)c1ccc(-n2nc(Br)c3cccnc32)cc1. The minimum atomic E-state index is -0.948. The summed E-state index contributed by atoms with van der Waals surface area (Å²) in [5, 5.41) is 14.1. The Labute approximate surface area is 116 Å². The molecule has 3 rings (SSSR count). The molecule has 0 atom stereocenters. The zero-order valence-electron chi connectivity index (χ0n) is 9.62. The number of carboxylic acids is 1. The lowest BCUT2D eigenvalue weighted by atomic mass is 10.2. The fourth-order valence-corrected chi connectivity index (χ4v) is 2.31. The van der Waals surface area contributed by atoms with E-state index < -0.39 is 5.97 Å². The van der Waals surface area contributed by atoms with Gasteiger partial charge < -0.3 is 5.11 Å². The van der Waals surface area contributed by atoms with Crippen molar-refractivity contribution in [1.29, 1.82) is 0 Å². The Morgan fingerprint density at radius 3 is 2.63 bits per heavy atom. The fourth-order valence-electron chi connectivity index (χ4n) is 1.84. The summed E-state index contributed by atoms with van der Waals surface area (Å²) in [5.41, 5.74) is 1.73. The van der Waals surface area contributed by atoms with Gasteiger partial charge in [0.1, 0.15) is 4.60 Å². The number of aromatic nitrogens is 3. The topological polar surface area (TPSA) is 68.0 Å². The molecule has 2 heterocycles. The Morgan fingerprint density at radius 1 is 1.21 bits per heavy atom. The van der Waals surface area contributed by atoms with Crippen LogP contribution in [0, 0.1) is 0 Å². The summed E-state index contributed by atoms with van der Waals surface area (Å²) in [4.78, 5) is 15.1. The smallest absolute Gasteiger partial charge is 0.335 e. The first-order chi connectivity index (χ1) is 9.16. The average Bonchev–Trinajstić information content (AvgIpc) is 2.77. The number of pyridine rings is 1. The predicted molar refractivity (Wildman–Crippen MR) is 73.5 cm³/mol. The zero-order valence-corrected chi connectivity index (χ0v) is 11.2. The van der Waals surface area contributed by atoms with Crippen LogP contribution in [0.4, 0.5) is 0 Å². The highest BCUT2D eigenvalue weighted by Crippen LogP contribution is 2.24. The monoisotopic (exact) mass is 317 g/mol. The van der Waals surface area contributed by atoms with Crippen LogP contribution in [0.2, 0.25) is 0 Å². The Kier molecular flexibility index (Phi) is 2.79. The lowest BCUT2D eigenvalue weighted by molar-refractivity contribution is 0.0697. The number of benzene rings is 1. The zero-order chi connectivity index (χ0) is 13.4. The van der Waals surface area contributed by atoms with E-state index in [1.165, 1.54) is 0 Å². The molecule has 3 aromatic rings. The second kappa shape index (κ2) is 4.47. The van der Waals surface area contributed by atoms with Gasteiger partial charge in [0.15, 0.2) is 5.65 Å². The van der Waals surface area contributed by atoms with Crippen LogP contribution in [-0.2, 0) is 0 Å². The van der Waals surface area contributed by atoms with Crippen LogP contribution in [0.5, 0.6) is 0 Å². The molecule has 0 bridgehead atoms. The van der Waals surface area contributed by atoms with E-state index in [4.69, 9.17) is 5.11 Å². The first-order valence-corrected chi connectivity index (χ1v) is 6.29. The number of nitrogens with zero attached hydrogens (tertiary/aromatic N) is 3. The number of fused-ring (bicyclic) bond motifs is 1. The molecule has 0 saturated carbocycles. The summed E-state index contributed by atoms with van der Waals surface area (Å²) in [6.07, 6.45) is 1.69. The third-order valence-corrected chi connectivity index (χ3v) is 3.34. The van der Waals surface area contributed by atoms with Crippen LogP contribution < -0.4 is 0 Å². The van der Waals surface area contributed by atoms with Gasteiger partial charge in [0.2, 0.25) is 0 Å². The van der Waals surface area contributed by atoms with E-state index in [0.29, 0.717) is 4.60 Å². The van der Waals surface area contributed by atoms with Gasteiger partial charge in [-0.1, -0.05) is 0 Å². The Hall–Kier alpha value is -2.21. The molecule has 0 saturated heterocycles. The Morgan fingerprint density at radius 2 is 1.95 bits per heavy atom. The van der Waals surface area contributed by atoms with Crippen molar-refractivity contribution in [2.24, 2.45) is 0 Å². The van der Waals surface area contributed by atoms with Crippen LogP contribution in [0.15, 0.2) is 47.2 Å². The molecule has 94 valence electrons. The standard InChI is InChI=1S/C13H8BrN3O2/c14-11-10-2-1-7-15-12(10)17(16-11)9-5-3-8(4-6-9)13(18)19/h1-7H,(H,18,19). The average molecular weight is 318 g/mol. The largest absolute Gasteiger partial charge is 0.478 e. The molecule has 1 aromatic carbocycles. The van der Waals surface area contributed by atoms with E-state index in [1.54, 1.807) is 35.1 Å². The highest BCUT2D eigenvalue weighted by Gasteiger charge is 2.11. The van der Waals surface area contributed by atoms with Gasteiger partial charge in [0.05, 0.1) is 16.6 Å². The third-order valence-electron chi connectivity index (χ3n) is 2.76. The van der Waals surface area contributed by atoms with E-state index in [0.717, 1.165) is 16.7 Å². The number of rotatable bonds is 2. The van der Waals surface area contributed by atoms with Crippen molar-refractivity contribution in [3.63, 3.8) is 0 Å². The normalized spacial score (nSPS) is 10.8. The van der Waals surface area contributed by atoms with E-state index in [-0.39, 0.29) is 5.56 Å². The molecular formula is C13H8BrN3O2. The second-order valence-corrected chi connectivity index (χ2v) is 4.68. The van der Waals surface area contributed by atoms with Gasteiger partial charge in [-0.15, -0.1) is 0 Å². The predicted octanol–water partition coefficient (Wildman–Crippen LogP) is 2.88. The van der Waals surface area contributed by atoms with Gasteiger partial charge in [-0.05, 0) is 52.3 Å². The van der Waals surface area contributed by atoms with E-state index in [1.807, 2.05) is 12.1 Å². The highest BCUT2D eigenvalue weighted by atomic mass is 79.9. The van der Waals surface area contributed by atoms with Gasteiger partial charge in [-0.25, -0.2) is 14.5 Å². The van der Waals surface area contributed by atoms with Crippen LogP contribution in [0.1, 0.15) is 10.4 Å². The molecule has 0 aliphatic heterocycles. The Bertz CT molecular complexity index is 765. The van der Waals surface area contributed by atoms with Crippen LogP contribution in [0.3, 0.4) is 0 Å². The van der Waals surface area contributed by atoms with Gasteiger partial charge in [-0.2, -0.15) is 5.10 Å². The number of aromatic carboxylic acids is 1. The van der Waals surface area contributed by atoms with Gasteiger partial charge >= 0.3 is 5.97 Å². The second-order valence-electron chi connectivity index (χ2n) is 3.93. The van der Waals surface area contributed by atoms with Crippen LogP contribution in [-0.4, -0.2) is 25.8 Å². The van der Waals surface area contributed by atoms with Crippen LogP contribution >= 0.6 is 15.9 Å². The molecular weight excluding hydrogens is 310 g/mol. The molecule has 0 fully saturated rings. The molecule has 1 N–H and O–H groups in total. The number of hydrogen-bond acceptors (Lipinski definition) is 3. The maximum Gasteiger partial charge on any atom is 0.335 e. The molecule has 0 radical (unpaired) electrons. The third kappa shape index (κ3) is 2.00. The molecule has 0 spiro atoms. The summed E-state index contributed by atoms with van der Waals surface area (Å²) in [6.45, 7) is 0. The van der Waals surface area contributed by atoms with Crippen molar-refractivity contribution in [1.82, 2.24) is 14.8 Å². The number of carbonyl (C=O) groups is 1. The first-order valence-electron chi connectivity index (χ1n) is 5.50. The molecule has 0 amide bonds. The van der Waals surface area contributed by atoms with Crippen molar-refractivity contribution >= 4 is 32.9 Å². The molecule has 19 heavy (non-hydrogen) atoms. The molecule has 5 nitrogen and oxygen atoms in total. The molecule has 0 aliphatic rings. The highest BCUT2D eigenvalue weighted by molar-refractivity contribution is 9.10. The molecule has 2 aromatic heterocycles. The van der Waals surface area contributed by atoms with Crippen LogP contribution in [0.25, 0.3) is 16.7 Å². The minimum Gasteiger partial charge on any atom is -0.478 e. The summed E-state index contributed by atoms with van der Waals surface area (Å²) >= 11 is 3.39. The van der Waals surface area contributed by atoms with Crippen molar-refractivity contribution in [3.8, 4) is 5.69 Å². The van der Waals surface area contributed by atoms with Crippen molar-refractivity contribution in [2.45, 2.75) is 0 Å². The minimum absolute atomic E-state index is 0.243. The van der Waals surface area contributed by atoms with Crippen molar-refractivity contribution in [2.75, 3.05) is 0 Å². The van der Waals surface area contributed by atoms with E-state index in [2.05, 4.69) is 26.0 Å². The maximum atomic E-state index is 10.8. The lowest BCUT2D eigenvalue weighted by Gasteiger charge is -2.02. The number of carboxylic acid groups (broad SMARTS) is 1. The lowest BCUT2D eigenvalue weighted by Crippen LogP contribution is -2.00. The van der Waals surface area contributed by atoms with Crippen molar-refractivity contribution < 1.29 is 9.90 Å². The van der Waals surface area contributed by atoms with Gasteiger partial charge in [0, 0.05) is 6.20 Å². The van der Waals surface area contributed by atoms with Crippen molar-refractivity contribution in [3.05, 3.63) is 52.8 Å². The Balaban J connectivity index is 2.16. The van der Waals surface area contributed by atoms with E-state index >= 15 is 0 Å². The first kappa shape index (κ1) is 11.9. The summed E-state index contributed by atoms with van der Waals surface area (Å²) in [6, 6.07) is 10.3. The molecule has 6 heteroatoms. The number of hydrogen-bond donors (Lipinski definition) is 1. The van der Waals surface area contributed by atoms with Gasteiger partial charge in [-0.3, -0.25) is 0 Å². The summed E-state index contributed by atoms with van der Waals surface area (Å²) in [5.74, 6) is -0.948. The summed E-state index contributed by atoms with van der Waals surface area (Å²) < 4.78 is 2.38. The van der Waals surface area contributed by atoms with Gasteiger partial charge in [0.25, 0.3) is 0 Å². The molecule has 0 aliphatic carbocycles. The quantitative estimate of drug-likeness (QED) is 0.789. The number of halogens is 1. The summed E-state index contributed by atoms with van der Waals surface area (Å²) in [7, 11) is 0.